The Hall–Kier alpha value is -2.04. The average molecular weight is 376 g/mol. The lowest BCUT2D eigenvalue weighted by molar-refractivity contribution is 0.0980. The molecule has 0 fully saturated rings. The smallest absolute Gasteiger partial charge is 0.176 e. The van der Waals surface area contributed by atoms with Crippen LogP contribution >= 0.6 is 23.7 Å². The first-order valence-electron chi connectivity index (χ1n) is 8.09. The second-order valence-corrected chi connectivity index (χ2v) is 6.77. The van der Waals surface area contributed by atoms with E-state index in [4.69, 9.17) is 4.74 Å². The summed E-state index contributed by atoms with van der Waals surface area (Å²) in [4.78, 5) is 16.4. The summed E-state index contributed by atoms with van der Waals surface area (Å²) in [7, 11) is 0. The number of hydrogen-bond acceptors (Lipinski definition) is 3. The first-order chi connectivity index (χ1) is 11.6. The zero-order valence-corrected chi connectivity index (χ0v) is 16.0. The molecule has 0 radical (unpaired) electrons. The van der Waals surface area contributed by atoms with Crippen molar-refractivity contribution in [3.63, 3.8) is 0 Å². The van der Waals surface area contributed by atoms with E-state index in [2.05, 4.69) is 17.1 Å². The molecule has 0 saturated carbocycles. The average Bonchev–Trinajstić information content (AvgIpc) is 3.25. The summed E-state index contributed by atoms with van der Waals surface area (Å²) in [5.41, 5.74) is 3.27. The maximum atomic E-state index is 12.6. The molecule has 0 saturated heterocycles. The van der Waals surface area contributed by atoms with E-state index in [1.807, 2.05) is 55.9 Å². The Kier molecular flexibility index (Phi) is 6.85. The third-order valence-electron chi connectivity index (χ3n) is 4.04. The molecule has 3 aromatic rings. The molecule has 1 atom stereocenters. The monoisotopic (exact) mass is 375 g/mol. The van der Waals surface area contributed by atoms with Crippen LogP contribution in [-0.4, -0.2) is 10.8 Å². The number of aromatic nitrogens is 1. The van der Waals surface area contributed by atoms with Crippen LogP contribution in [0.5, 0.6) is 5.75 Å². The molecule has 1 aromatic carbocycles. The van der Waals surface area contributed by atoms with Crippen molar-refractivity contribution in [2.45, 2.75) is 32.8 Å². The molecule has 0 aliphatic carbocycles. The fourth-order valence-corrected chi connectivity index (χ4v) is 3.57. The summed E-state index contributed by atoms with van der Waals surface area (Å²) in [5.74, 6) is 0.875. The Balaban J connectivity index is 0.00000225. The third kappa shape index (κ3) is 4.74. The van der Waals surface area contributed by atoms with Gasteiger partial charge in [-0.3, -0.25) is 4.79 Å². The number of hydrogen-bond donors (Lipinski definition) is 1. The highest BCUT2D eigenvalue weighted by Gasteiger charge is 2.20. The SMILES string of the molecule is Cc1csc(C(=O)CCc2ccccc2)c1OC(C)c1cc[nH]c1.Cl. The lowest BCUT2D eigenvalue weighted by Gasteiger charge is -2.15. The van der Waals surface area contributed by atoms with E-state index in [0.29, 0.717) is 6.42 Å². The van der Waals surface area contributed by atoms with Gasteiger partial charge in [-0.2, -0.15) is 0 Å². The maximum absolute atomic E-state index is 12.6. The topological polar surface area (TPSA) is 42.1 Å². The van der Waals surface area contributed by atoms with Crippen LogP contribution in [0.25, 0.3) is 0 Å². The van der Waals surface area contributed by atoms with Gasteiger partial charge >= 0.3 is 0 Å². The van der Waals surface area contributed by atoms with E-state index >= 15 is 0 Å². The van der Waals surface area contributed by atoms with Crippen molar-refractivity contribution < 1.29 is 9.53 Å². The maximum Gasteiger partial charge on any atom is 0.176 e. The number of aryl methyl sites for hydroxylation is 2. The molecule has 0 spiro atoms. The quantitative estimate of drug-likeness (QED) is 0.533. The van der Waals surface area contributed by atoms with Crippen LogP contribution in [0.4, 0.5) is 0 Å². The Morgan fingerprint density at radius 3 is 2.68 bits per heavy atom. The van der Waals surface area contributed by atoms with Gasteiger partial charge in [0.15, 0.2) is 5.78 Å². The predicted molar refractivity (Wildman–Crippen MR) is 105 cm³/mol. The number of aromatic amines is 1. The summed E-state index contributed by atoms with van der Waals surface area (Å²) >= 11 is 1.48. The molecule has 132 valence electrons. The minimum Gasteiger partial charge on any atom is -0.484 e. The van der Waals surface area contributed by atoms with Gasteiger partial charge in [-0.15, -0.1) is 23.7 Å². The molecular formula is C20H22ClNO2S. The van der Waals surface area contributed by atoms with E-state index in [-0.39, 0.29) is 24.3 Å². The van der Waals surface area contributed by atoms with E-state index < -0.39 is 0 Å². The summed E-state index contributed by atoms with van der Waals surface area (Å²) in [6.45, 7) is 3.99. The molecule has 5 heteroatoms. The van der Waals surface area contributed by atoms with Crippen LogP contribution in [0.15, 0.2) is 54.2 Å². The van der Waals surface area contributed by atoms with Gasteiger partial charge in [0.1, 0.15) is 16.7 Å². The summed E-state index contributed by atoms with van der Waals surface area (Å²) in [5, 5.41) is 1.99. The number of H-pyrrole nitrogens is 1. The zero-order valence-electron chi connectivity index (χ0n) is 14.3. The standard InChI is InChI=1S/C20H21NO2S.ClH/c1-14-13-24-20(18(22)9-8-16-6-4-3-5-7-16)19(14)23-15(2)17-10-11-21-12-17;/h3-7,10-13,15,21H,8-9H2,1-2H3;1H. The molecule has 0 bridgehead atoms. The van der Waals surface area contributed by atoms with Gasteiger partial charge in [-0.1, -0.05) is 30.3 Å². The van der Waals surface area contributed by atoms with Gasteiger partial charge in [0.25, 0.3) is 0 Å². The van der Waals surface area contributed by atoms with Gasteiger partial charge in [-0.25, -0.2) is 0 Å². The summed E-state index contributed by atoms with van der Waals surface area (Å²) < 4.78 is 6.10. The second-order valence-electron chi connectivity index (χ2n) is 5.89. The van der Waals surface area contributed by atoms with Gasteiger partial charge in [0.05, 0.1) is 0 Å². The number of ketones is 1. The number of rotatable bonds is 7. The Morgan fingerprint density at radius 2 is 2.00 bits per heavy atom. The lowest BCUT2D eigenvalue weighted by atomic mass is 10.1. The number of halogens is 1. The molecule has 0 aliphatic heterocycles. The first kappa shape index (κ1) is 19.3. The number of ether oxygens (including phenoxy) is 1. The van der Waals surface area contributed by atoms with Crippen molar-refractivity contribution in [2.24, 2.45) is 0 Å². The first-order valence-corrected chi connectivity index (χ1v) is 8.97. The minimum absolute atomic E-state index is 0. The Morgan fingerprint density at radius 1 is 1.24 bits per heavy atom. The van der Waals surface area contributed by atoms with Crippen molar-refractivity contribution in [3.8, 4) is 5.75 Å². The number of thiophene rings is 1. The number of carbonyl (C=O) groups excluding carboxylic acids is 1. The number of benzene rings is 1. The normalized spacial score (nSPS) is 11.6. The zero-order chi connectivity index (χ0) is 16.9. The van der Waals surface area contributed by atoms with Crippen molar-refractivity contribution in [2.75, 3.05) is 0 Å². The molecule has 2 heterocycles. The molecule has 3 rings (SSSR count). The minimum atomic E-state index is -0.0924. The van der Waals surface area contributed by atoms with E-state index in [9.17, 15) is 4.79 Å². The highest BCUT2D eigenvalue weighted by Crippen LogP contribution is 2.34. The predicted octanol–water partition coefficient (Wildman–Crippen LogP) is 5.76. The third-order valence-corrected chi connectivity index (χ3v) is 5.16. The highest BCUT2D eigenvalue weighted by atomic mass is 35.5. The number of carbonyl (C=O) groups is 1. The van der Waals surface area contributed by atoms with Crippen LogP contribution in [-0.2, 0) is 6.42 Å². The van der Waals surface area contributed by atoms with Gasteiger partial charge in [0, 0.05) is 29.9 Å². The van der Waals surface area contributed by atoms with Crippen LogP contribution in [0.1, 0.15) is 45.8 Å². The van der Waals surface area contributed by atoms with Crippen LogP contribution in [0.3, 0.4) is 0 Å². The molecule has 0 amide bonds. The highest BCUT2D eigenvalue weighted by molar-refractivity contribution is 7.12. The molecule has 3 nitrogen and oxygen atoms in total. The van der Waals surface area contributed by atoms with E-state index in [1.54, 1.807) is 0 Å². The molecule has 25 heavy (non-hydrogen) atoms. The largest absolute Gasteiger partial charge is 0.484 e. The van der Waals surface area contributed by atoms with Crippen LogP contribution in [0.2, 0.25) is 0 Å². The van der Waals surface area contributed by atoms with Crippen molar-refractivity contribution in [1.29, 1.82) is 0 Å². The van der Waals surface area contributed by atoms with Crippen LogP contribution < -0.4 is 4.74 Å². The van der Waals surface area contributed by atoms with Gasteiger partial charge in [-0.05, 0) is 37.3 Å². The van der Waals surface area contributed by atoms with Gasteiger partial charge in [0.2, 0.25) is 0 Å². The lowest BCUT2D eigenvalue weighted by Crippen LogP contribution is -2.06. The molecular weight excluding hydrogens is 354 g/mol. The Bertz CT molecular complexity index is 796. The summed E-state index contributed by atoms with van der Waals surface area (Å²) in [6, 6.07) is 12.1. The molecule has 2 aromatic heterocycles. The number of Topliss-reactive ketones (excluding diaryl/α,β-unsaturated/α-hetero) is 1. The summed E-state index contributed by atoms with van der Waals surface area (Å²) in [6.07, 6.45) is 4.96. The Labute approximate surface area is 158 Å². The van der Waals surface area contributed by atoms with E-state index in [0.717, 1.165) is 28.2 Å². The van der Waals surface area contributed by atoms with Crippen molar-refractivity contribution >= 4 is 29.5 Å². The number of nitrogens with one attached hydrogen (secondary N) is 1. The second kappa shape index (κ2) is 8.88. The van der Waals surface area contributed by atoms with E-state index in [1.165, 1.54) is 16.9 Å². The van der Waals surface area contributed by atoms with Crippen LogP contribution in [0, 0.1) is 6.92 Å². The molecule has 1 unspecified atom stereocenters. The van der Waals surface area contributed by atoms with Crippen molar-refractivity contribution in [3.05, 3.63) is 75.7 Å². The van der Waals surface area contributed by atoms with Crippen molar-refractivity contribution in [1.82, 2.24) is 4.98 Å². The fraction of sp³-hybridized carbons (Fsp3) is 0.250. The van der Waals surface area contributed by atoms with Gasteiger partial charge < -0.3 is 9.72 Å². The molecule has 1 N–H and O–H groups in total. The molecule has 0 aliphatic rings. The fourth-order valence-electron chi connectivity index (χ4n) is 2.62.